The number of amides is 1. The number of imidazole rings is 1. The van der Waals surface area contributed by atoms with Gasteiger partial charge in [0.2, 0.25) is 5.91 Å². The Morgan fingerprint density at radius 1 is 1.47 bits per heavy atom. The van der Waals surface area contributed by atoms with E-state index in [9.17, 15) is 4.79 Å². The summed E-state index contributed by atoms with van der Waals surface area (Å²) in [5.74, 6) is 1.30. The molecule has 0 unspecified atom stereocenters. The van der Waals surface area contributed by atoms with Crippen molar-refractivity contribution in [2.75, 3.05) is 19.6 Å². The molecule has 0 saturated carbocycles. The third kappa shape index (κ3) is 2.97. The van der Waals surface area contributed by atoms with E-state index in [2.05, 4.69) is 9.88 Å². The molecule has 106 valence electrons. The summed E-state index contributed by atoms with van der Waals surface area (Å²) < 4.78 is 2.03. The molecule has 1 aliphatic heterocycles. The molecule has 2 heterocycles. The highest BCUT2D eigenvalue weighted by Crippen LogP contribution is 2.21. The van der Waals surface area contributed by atoms with Gasteiger partial charge < -0.3 is 9.47 Å². The van der Waals surface area contributed by atoms with Crippen LogP contribution in [0.5, 0.6) is 0 Å². The topological polar surface area (TPSA) is 41.4 Å². The summed E-state index contributed by atoms with van der Waals surface area (Å²) in [4.78, 5) is 21.0. The van der Waals surface area contributed by atoms with E-state index < -0.39 is 0 Å². The minimum Gasteiger partial charge on any atom is -0.342 e. The molecule has 1 saturated heterocycles. The lowest BCUT2D eigenvalue weighted by Gasteiger charge is -2.28. The van der Waals surface area contributed by atoms with Gasteiger partial charge in [0.05, 0.1) is 12.6 Å². The first-order valence-corrected chi connectivity index (χ1v) is 7.16. The molecule has 1 aromatic heterocycles. The van der Waals surface area contributed by atoms with Gasteiger partial charge in [-0.05, 0) is 33.2 Å². The van der Waals surface area contributed by atoms with Crippen molar-refractivity contribution in [3.05, 3.63) is 18.2 Å². The predicted octanol–water partition coefficient (Wildman–Crippen LogP) is 1.25. The molecule has 0 N–H and O–H groups in total. The molecule has 0 aliphatic carbocycles. The van der Waals surface area contributed by atoms with Crippen LogP contribution in [0.3, 0.4) is 0 Å². The fourth-order valence-corrected chi connectivity index (χ4v) is 2.77. The van der Waals surface area contributed by atoms with Crippen LogP contribution in [-0.4, -0.2) is 50.9 Å². The van der Waals surface area contributed by atoms with Gasteiger partial charge in [-0.3, -0.25) is 9.69 Å². The summed E-state index contributed by atoms with van der Waals surface area (Å²) in [5.41, 5.74) is 0. The number of likely N-dealkylation sites (N-methyl/N-ethyl adjacent to an activating group) is 1. The second-order valence-electron chi connectivity index (χ2n) is 5.09. The molecule has 1 amide bonds. The molecular weight excluding hydrogens is 240 g/mol. The number of hydrogen-bond acceptors (Lipinski definition) is 3. The predicted molar refractivity (Wildman–Crippen MR) is 74.6 cm³/mol. The average molecular weight is 264 g/mol. The highest BCUT2D eigenvalue weighted by Gasteiger charge is 2.33. The zero-order chi connectivity index (χ0) is 13.8. The summed E-state index contributed by atoms with van der Waals surface area (Å²) in [6.45, 7) is 7.43. The summed E-state index contributed by atoms with van der Waals surface area (Å²) in [6, 6.07) is 0.0385. The lowest BCUT2D eigenvalue weighted by molar-refractivity contribution is -0.135. The SMILES string of the molecule is CCN(CC)C(=O)[C@@H]1CCCN1Cc1nccn1C. The van der Waals surface area contributed by atoms with E-state index in [4.69, 9.17) is 0 Å². The fraction of sp³-hybridized carbons (Fsp3) is 0.714. The Balaban J connectivity index is 2.04. The Labute approximate surface area is 115 Å². The minimum absolute atomic E-state index is 0.0385. The second-order valence-corrected chi connectivity index (χ2v) is 5.09. The zero-order valence-corrected chi connectivity index (χ0v) is 12.2. The third-order valence-corrected chi connectivity index (χ3v) is 3.99. The molecule has 19 heavy (non-hydrogen) atoms. The lowest BCUT2D eigenvalue weighted by Crippen LogP contribution is -2.45. The van der Waals surface area contributed by atoms with Crippen molar-refractivity contribution in [3.63, 3.8) is 0 Å². The number of carbonyl (C=O) groups is 1. The second kappa shape index (κ2) is 6.19. The van der Waals surface area contributed by atoms with E-state index in [-0.39, 0.29) is 11.9 Å². The smallest absolute Gasteiger partial charge is 0.239 e. The first-order chi connectivity index (χ1) is 9.17. The third-order valence-electron chi connectivity index (χ3n) is 3.99. The maximum atomic E-state index is 12.5. The number of nitrogens with zero attached hydrogens (tertiary/aromatic N) is 4. The Morgan fingerprint density at radius 2 is 2.21 bits per heavy atom. The van der Waals surface area contributed by atoms with E-state index in [0.29, 0.717) is 0 Å². The van der Waals surface area contributed by atoms with Crippen LogP contribution in [0.25, 0.3) is 0 Å². The van der Waals surface area contributed by atoms with E-state index >= 15 is 0 Å². The number of aromatic nitrogens is 2. The van der Waals surface area contributed by atoms with E-state index in [1.54, 1.807) is 0 Å². The molecule has 0 aromatic carbocycles. The molecule has 1 atom stereocenters. The maximum Gasteiger partial charge on any atom is 0.239 e. The minimum atomic E-state index is 0.0385. The van der Waals surface area contributed by atoms with E-state index in [0.717, 1.165) is 44.8 Å². The Bertz CT molecular complexity index is 425. The molecule has 1 fully saturated rings. The molecule has 0 bridgehead atoms. The summed E-state index contributed by atoms with van der Waals surface area (Å²) >= 11 is 0. The van der Waals surface area contributed by atoms with Gasteiger partial charge in [0.25, 0.3) is 0 Å². The molecule has 1 aromatic rings. The van der Waals surface area contributed by atoms with Crippen LogP contribution in [0, 0.1) is 0 Å². The molecule has 5 heteroatoms. The molecule has 1 aliphatic rings. The average Bonchev–Trinajstić information content (AvgIpc) is 3.01. The van der Waals surface area contributed by atoms with Gasteiger partial charge in [-0.1, -0.05) is 0 Å². The molecule has 0 radical (unpaired) electrons. The quantitative estimate of drug-likeness (QED) is 0.804. The highest BCUT2D eigenvalue weighted by atomic mass is 16.2. The first-order valence-electron chi connectivity index (χ1n) is 7.16. The highest BCUT2D eigenvalue weighted by molar-refractivity contribution is 5.82. The van der Waals surface area contributed by atoms with Gasteiger partial charge in [-0.2, -0.15) is 0 Å². The van der Waals surface area contributed by atoms with Crippen molar-refractivity contribution in [1.82, 2.24) is 19.4 Å². The van der Waals surface area contributed by atoms with Gasteiger partial charge in [0.15, 0.2) is 0 Å². The molecule has 2 rings (SSSR count). The van der Waals surface area contributed by atoms with Gasteiger partial charge in [0.1, 0.15) is 5.82 Å². The number of likely N-dealkylation sites (tertiary alicyclic amines) is 1. The van der Waals surface area contributed by atoms with Crippen LogP contribution >= 0.6 is 0 Å². The van der Waals surface area contributed by atoms with Crippen molar-refractivity contribution in [2.45, 2.75) is 39.3 Å². The van der Waals surface area contributed by atoms with E-state index in [1.807, 2.05) is 42.8 Å². The maximum absolute atomic E-state index is 12.5. The van der Waals surface area contributed by atoms with Gasteiger partial charge in [-0.25, -0.2) is 4.98 Å². The monoisotopic (exact) mass is 264 g/mol. The van der Waals surface area contributed by atoms with Gasteiger partial charge >= 0.3 is 0 Å². The van der Waals surface area contributed by atoms with Crippen LogP contribution in [-0.2, 0) is 18.4 Å². The summed E-state index contributed by atoms with van der Waals surface area (Å²) in [5, 5.41) is 0. The van der Waals surface area contributed by atoms with Crippen LogP contribution in [0.4, 0.5) is 0 Å². The van der Waals surface area contributed by atoms with Crippen molar-refractivity contribution < 1.29 is 4.79 Å². The van der Waals surface area contributed by atoms with Crippen molar-refractivity contribution in [3.8, 4) is 0 Å². The molecule has 0 spiro atoms. The number of carbonyl (C=O) groups excluding carboxylic acids is 1. The Morgan fingerprint density at radius 3 is 2.79 bits per heavy atom. The number of rotatable bonds is 5. The normalized spacial score (nSPS) is 19.8. The van der Waals surface area contributed by atoms with Gasteiger partial charge in [0, 0.05) is 32.5 Å². The van der Waals surface area contributed by atoms with Gasteiger partial charge in [-0.15, -0.1) is 0 Å². The van der Waals surface area contributed by atoms with Crippen LogP contribution in [0.1, 0.15) is 32.5 Å². The number of aryl methyl sites for hydroxylation is 1. The zero-order valence-electron chi connectivity index (χ0n) is 12.2. The molecule has 5 nitrogen and oxygen atoms in total. The standard InChI is InChI=1S/C14H24N4O/c1-4-17(5-2)14(19)12-7-6-9-18(12)11-13-15-8-10-16(13)3/h8,10,12H,4-7,9,11H2,1-3H3/t12-/m0/s1. The Hall–Kier alpha value is -1.36. The van der Waals surface area contributed by atoms with Crippen LogP contribution < -0.4 is 0 Å². The molecular formula is C14H24N4O. The van der Waals surface area contributed by atoms with Crippen molar-refractivity contribution in [1.29, 1.82) is 0 Å². The fourth-order valence-electron chi connectivity index (χ4n) is 2.77. The van der Waals surface area contributed by atoms with Crippen molar-refractivity contribution >= 4 is 5.91 Å². The first kappa shape index (κ1) is 14.1. The largest absolute Gasteiger partial charge is 0.342 e. The summed E-state index contributed by atoms with van der Waals surface area (Å²) in [6.07, 6.45) is 5.83. The number of hydrogen-bond donors (Lipinski definition) is 0. The van der Waals surface area contributed by atoms with E-state index in [1.165, 1.54) is 0 Å². The Kier molecular flexibility index (Phi) is 4.58. The summed E-state index contributed by atoms with van der Waals surface area (Å²) in [7, 11) is 2.00. The lowest BCUT2D eigenvalue weighted by atomic mass is 10.2. The van der Waals surface area contributed by atoms with Crippen LogP contribution in [0.2, 0.25) is 0 Å². The van der Waals surface area contributed by atoms with Crippen LogP contribution in [0.15, 0.2) is 12.4 Å². The van der Waals surface area contributed by atoms with Crippen molar-refractivity contribution in [2.24, 2.45) is 7.05 Å².